The van der Waals surface area contributed by atoms with Crippen LogP contribution in [0.3, 0.4) is 0 Å². The maximum atomic E-state index is 12.6. The van der Waals surface area contributed by atoms with Crippen molar-refractivity contribution in [3.05, 3.63) is 22.4 Å². The Labute approximate surface area is 135 Å². The summed E-state index contributed by atoms with van der Waals surface area (Å²) in [6.45, 7) is 1.70. The molecule has 2 N–H and O–H groups in total. The van der Waals surface area contributed by atoms with Gasteiger partial charge in [-0.25, -0.2) is 4.98 Å². The van der Waals surface area contributed by atoms with Gasteiger partial charge in [-0.1, -0.05) is 48.9 Å². The maximum absolute atomic E-state index is 12.6. The lowest BCUT2D eigenvalue weighted by molar-refractivity contribution is -0.120. The standard InChI is InChI=1S/C15H21Cl2N3O/c1-10(18)15(21)20(11-6-4-2-3-5-7-11)12-8-9-13(16)19-14(12)17/h8-11H,2-7,18H2,1H3/t10-/m1/s1. The quantitative estimate of drug-likeness (QED) is 0.677. The zero-order valence-corrected chi connectivity index (χ0v) is 13.7. The SMILES string of the molecule is C[C@@H](N)C(=O)N(c1ccc(Cl)nc1Cl)C1CCCCCC1. The Hall–Kier alpha value is -0.840. The topological polar surface area (TPSA) is 59.2 Å². The molecule has 1 aliphatic rings. The van der Waals surface area contributed by atoms with E-state index in [0.29, 0.717) is 10.8 Å². The summed E-state index contributed by atoms with van der Waals surface area (Å²) < 4.78 is 0. The Balaban J connectivity index is 2.37. The molecule has 0 unspecified atom stereocenters. The summed E-state index contributed by atoms with van der Waals surface area (Å²) in [6.07, 6.45) is 6.60. The third-order valence-electron chi connectivity index (χ3n) is 3.87. The first-order valence-corrected chi connectivity index (χ1v) is 8.17. The van der Waals surface area contributed by atoms with Crippen LogP contribution in [0.4, 0.5) is 5.69 Å². The molecule has 1 heterocycles. The number of anilines is 1. The van der Waals surface area contributed by atoms with Gasteiger partial charge in [0.1, 0.15) is 5.15 Å². The van der Waals surface area contributed by atoms with E-state index < -0.39 is 6.04 Å². The molecule has 0 saturated heterocycles. The molecule has 21 heavy (non-hydrogen) atoms. The van der Waals surface area contributed by atoms with Crippen LogP contribution in [0.1, 0.15) is 45.4 Å². The van der Waals surface area contributed by atoms with Gasteiger partial charge < -0.3 is 10.6 Å². The second kappa shape index (κ2) is 7.43. The van der Waals surface area contributed by atoms with Gasteiger partial charge in [-0.3, -0.25) is 4.79 Å². The number of nitrogens with zero attached hydrogens (tertiary/aromatic N) is 2. The molecule has 4 nitrogen and oxygen atoms in total. The van der Waals surface area contributed by atoms with Crippen LogP contribution in [0.25, 0.3) is 0 Å². The zero-order valence-electron chi connectivity index (χ0n) is 12.2. The first kappa shape index (κ1) is 16.5. The zero-order chi connectivity index (χ0) is 15.4. The predicted octanol–water partition coefficient (Wildman–Crippen LogP) is 3.79. The van der Waals surface area contributed by atoms with Gasteiger partial charge >= 0.3 is 0 Å². The third-order valence-corrected chi connectivity index (χ3v) is 4.36. The molecule has 6 heteroatoms. The van der Waals surface area contributed by atoms with Crippen molar-refractivity contribution in [2.24, 2.45) is 5.73 Å². The summed E-state index contributed by atoms with van der Waals surface area (Å²) in [5.74, 6) is -0.118. The smallest absolute Gasteiger partial charge is 0.243 e. The van der Waals surface area contributed by atoms with Crippen LogP contribution in [-0.2, 0) is 4.79 Å². The fourth-order valence-electron chi connectivity index (χ4n) is 2.82. The molecule has 1 amide bonds. The van der Waals surface area contributed by atoms with Gasteiger partial charge in [0, 0.05) is 6.04 Å². The summed E-state index contributed by atoms with van der Waals surface area (Å²) >= 11 is 12.1. The lowest BCUT2D eigenvalue weighted by Crippen LogP contribution is -2.48. The molecule has 1 saturated carbocycles. The highest BCUT2D eigenvalue weighted by molar-refractivity contribution is 6.34. The number of hydrogen-bond acceptors (Lipinski definition) is 3. The van der Waals surface area contributed by atoms with Crippen molar-refractivity contribution in [1.29, 1.82) is 0 Å². The third kappa shape index (κ3) is 4.09. The summed E-state index contributed by atoms with van der Waals surface area (Å²) in [7, 11) is 0. The Bertz CT molecular complexity index is 500. The van der Waals surface area contributed by atoms with Crippen LogP contribution in [0.15, 0.2) is 12.1 Å². The average Bonchev–Trinajstić information content (AvgIpc) is 2.70. The number of carbonyl (C=O) groups is 1. The molecule has 1 atom stereocenters. The molecule has 1 aromatic heterocycles. The maximum Gasteiger partial charge on any atom is 0.243 e. The first-order chi connectivity index (χ1) is 10.0. The van der Waals surface area contributed by atoms with Crippen molar-refractivity contribution in [2.45, 2.75) is 57.5 Å². The van der Waals surface area contributed by atoms with Gasteiger partial charge in [0.05, 0.1) is 11.7 Å². The van der Waals surface area contributed by atoms with Gasteiger partial charge in [0.25, 0.3) is 0 Å². The monoisotopic (exact) mass is 329 g/mol. The fourth-order valence-corrected chi connectivity index (χ4v) is 3.25. The number of pyridine rings is 1. The Morgan fingerprint density at radius 2 is 1.90 bits per heavy atom. The highest BCUT2D eigenvalue weighted by Gasteiger charge is 2.29. The van der Waals surface area contributed by atoms with Gasteiger partial charge in [-0.05, 0) is 31.9 Å². The molecule has 0 radical (unpaired) electrons. The molecule has 116 valence electrons. The lowest BCUT2D eigenvalue weighted by Gasteiger charge is -2.33. The molecule has 1 aromatic rings. The first-order valence-electron chi connectivity index (χ1n) is 7.41. The second-order valence-electron chi connectivity index (χ2n) is 5.59. The van der Waals surface area contributed by atoms with E-state index >= 15 is 0 Å². The Kier molecular flexibility index (Phi) is 5.85. The molecule has 1 aliphatic carbocycles. The lowest BCUT2D eigenvalue weighted by atomic mass is 10.1. The van der Waals surface area contributed by atoms with E-state index in [-0.39, 0.29) is 17.1 Å². The predicted molar refractivity (Wildman–Crippen MR) is 86.9 cm³/mol. The summed E-state index contributed by atoms with van der Waals surface area (Å²) in [6, 6.07) is 2.97. The van der Waals surface area contributed by atoms with Crippen LogP contribution in [0.5, 0.6) is 0 Å². The molecule has 0 aromatic carbocycles. The highest BCUT2D eigenvalue weighted by atomic mass is 35.5. The molecular weight excluding hydrogens is 309 g/mol. The molecule has 0 bridgehead atoms. The van der Waals surface area contributed by atoms with Crippen LogP contribution in [0, 0.1) is 0 Å². The minimum absolute atomic E-state index is 0.118. The fraction of sp³-hybridized carbons (Fsp3) is 0.600. The number of rotatable bonds is 3. The van der Waals surface area contributed by atoms with Crippen molar-refractivity contribution in [3.8, 4) is 0 Å². The van der Waals surface area contributed by atoms with E-state index in [9.17, 15) is 4.79 Å². The molecular formula is C15H21Cl2N3O. The Morgan fingerprint density at radius 1 is 1.29 bits per heavy atom. The van der Waals surface area contributed by atoms with Crippen molar-refractivity contribution in [2.75, 3.05) is 4.90 Å². The molecule has 2 rings (SSSR count). The summed E-state index contributed by atoms with van der Waals surface area (Å²) in [4.78, 5) is 18.4. The van der Waals surface area contributed by atoms with Gasteiger partial charge in [0.15, 0.2) is 5.15 Å². The highest BCUT2D eigenvalue weighted by Crippen LogP contribution is 2.32. The number of hydrogen-bond donors (Lipinski definition) is 1. The van der Waals surface area contributed by atoms with Crippen LogP contribution >= 0.6 is 23.2 Å². The summed E-state index contributed by atoms with van der Waals surface area (Å²) in [5.41, 5.74) is 6.43. The second-order valence-corrected chi connectivity index (χ2v) is 6.33. The van der Waals surface area contributed by atoms with E-state index in [4.69, 9.17) is 28.9 Å². The van der Waals surface area contributed by atoms with Gasteiger partial charge in [-0.15, -0.1) is 0 Å². The normalized spacial score (nSPS) is 18.1. The average molecular weight is 330 g/mol. The van der Waals surface area contributed by atoms with Crippen LogP contribution in [-0.4, -0.2) is 23.0 Å². The van der Waals surface area contributed by atoms with E-state index in [1.165, 1.54) is 12.8 Å². The number of aromatic nitrogens is 1. The van der Waals surface area contributed by atoms with Gasteiger partial charge in [-0.2, -0.15) is 0 Å². The largest absolute Gasteiger partial charge is 0.320 e. The van der Waals surface area contributed by atoms with E-state index in [1.54, 1.807) is 24.0 Å². The van der Waals surface area contributed by atoms with Crippen molar-refractivity contribution < 1.29 is 4.79 Å². The van der Waals surface area contributed by atoms with E-state index in [1.807, 2.05) is 0 Å². The minimum atomic E-state index is -0.569. The number of halogens is 2. The van der Waals surface area contributed by atoms with Crippen LogP contribution < -0.4 is 10.6 Å². The molecule has 0 spiro atoms. The number of nitrogens with two attached hydrogens (primary N) is 1. The van der Waals surface area contributed by atoms with E-state index in [2.05, 4.69) is 4.98 Å². The van der Waals surface area contributed by atoms with Crippen molar-refractivity contribution in [1.82, 2.24) is 4.98 Å². The summed E-state index contributed by atoms with van der Waals surface area (Å²) in [5, 5.41) is 0.568. The number of amides is 1. The molecule has 1 fully saturated rings. The molecule has 0 aliphatic heterocycles. The van der Waals surface area contributed by atoms with Crippen molar-refractivity contribution in [3.63, 3.8) is 0 Å². The number of carbonyl (C=O) groups excluding carboxylic acids is 1. The van der Waals surface area contributed by atoms with Gasteiger partial charge in [0.2, 0.25) is 5.91 Å². The van der Waals surface area contributed by atoms with E-state index in [0.717, 1.165) is 25.7 Å². The van der Waals surface area contributed by atoms with Crippen molar-refractivity contribution >= 4 is 34.8 Å². The Morgan fingerprint density at radius 3 is 2.43 bits per heavy atom. The van der Waals surface area contributed by atoms with Crippen LogP contribution in [0.2, 0.25) is 10.3 Å². The minimum Gasteiger partial charge on any atom is -0.320 e.